The summed E-state index contributed by atoms with van der Waals surface area (Å²) >= 11 is 0. The van der Waals surface area contributed by atoms with Gasteiger partial charge in [0.15, 0.2) is 5.96 Å². The minimum atomic E-state index is -1.82. The zero-order valence-corrected chi connectivity index (χ0v) is 50.2. The van der Waals surface area contributed by atoms with Crippen molar-refractivity contribution in [1.29, 1.82) is 0 Å². The van der Waals surface area contributed by atoms with E-state index in [4.69, 9.17) is 11.5 Å². The number of hydrogen-bond donors (Lipinski definition) is 15. The summed E-state index contributed by atoms with van der Waals surface area (Å²) in [7, 11) is 0. The number of amides is 11. The number of aliphatic imine (C=N–C) groups is 1. The second-order valence-electron chi connectivity index (χ2n) is 23.1. The number of phenolic OH excluding ortho intramolecular Hbond substituents is 1. The van der Waals surface area contributed by atoms with E-state index in [-0.39, 0.29) is 106 Å². The van der Waals surface area contributed by atoms with Crippen molar-refractivity contribution in [3.8, 4) is 5.75 Å². The number of hydrogen-bond acceptors (Lipinski definition) is 15. The molecule has 88 heavy (non-hydrogen) atoms. The smallest absolute Gasteiger partial charge is 0.245 e. The molecule has 1 unspecified atom stereocenters. The van der Waals surface area contributed by atoms with Crippen molar-refractivity contribution in [3.05, 3.63) is 77.9 Å². The molecule has 0 saturated carbocycles. The second-order valence-corrected chi connectivity index (χ2v) is 23.1. The quantitative estimate of drug-likeness (QED) is 0.0182. The number of likely N-dealkylation sites (N-methyl/N-ethyl adjacent to an activating group) is 1. The first kappa shape index (κ1) is 68.0. The van der Waals surface area contributed by atoms with E-state index in [1.165, 1.54) is 41.7 Å². The van der Waals surface area contributed by atoms with Crippen molar-refractivity contribution < 1.29 is 63.0 Å². The Hall–Kier alpha value is -9.15. The van der Waals surface area contributed by atoms with Crippen LogP contribution in [0.5, 0.6) is 5.75 Å². The Morgan fingerprint density at radius 1 is 0.716 bits per heavy atom. The number of aromatic nitrogens is 2. The fourth-order valence-electron chi connectivity index (χ4n) is 10.8. The molecular formula is C59H84N16O13. The van der Waals surface area contributed by atoms with E-state index in [0.29, 0.717) is 41.9 Å². The first-order valence-corrected chi connectivity index (χ1v) is 29.8. The average Bonchev–Trinajstić information content (AvgIpc) is 2.34. The number of para-hydroxylation sites is 1. The van der Waals surface area contributed by atoms with E-state index in [0.717, 1.165) is 0 Å². The van der Waals surface area contributed by atoms with Gasteiger partial charge in [0, 0.05) is 56.5 Å². The van der Waals surface area contributed by atoms with E-state index in [1.807, 2.05) is 13.8 Å². The van der Waals surface area contributed by atoms with Gasteiger partial charge in [0.05, 0.1) is 18.9 Å². The summed E-state index contributed by atoms with van der Waals surface area (Å²) in [5.74, 6) is -9.54. The van der Waals surface area contributed by atoms with Gasteiger partial charge in [-0.25, -0.2) is 4.98 Å². The summed E-state index contributed by atoms with van der Waals surface area (Å²) in [6, 6.07) is 0.529. The third kappa shape index (κ3) is 19.7. The topological polar surface area (TPSA) is 445 Å². The van der Waals surface area contributed by atoms with Crippen molar-refractivity contribution in [2.24, 2.45) is 28.3 Å². The van der Waals surface area contributed by atoms with E-state index in [1.54, 1.807) is 45.0 Å². The Morgan fingerprint density at radius 2 is 1.30 bits per heavy atom. The highest BCUT2D eigenvalue weighted by Crippen LogP contribution is 2.35. The summed E-state index contributed by atoms with van der Waals surface area (Å²) in [4.78, 5) is 166. The predicted octanol–water partition coefficient (Wildman–Crippen LogP) is -2.04. The molecule has 0 radical (unpaired) electrons. The second kappa shape index (κ2) is 32.5. The van der Waals surface area contributed by atoms with Gasteiger partial charge in [-0.3, -0.25) is 57.7 Å². The van der Waals surface area contributed by atoms with Gasteiger partial charge in [0.1, 0.15) is 60.1 Å². The van der Waals surface area contributed by atoms with Gasteiger partial charge >= 0.3 is 0 Å². The molecule has 29 heteroatoms. The number of phenols is 1. The van der Waals surface area contributed by atoms with Crippen molar-refractivity contribution >= 4 is 76.6 Å². The normalized spacial score (nSPS) is 18.4. The number of anilines is 1. The van der Waals surface area contributed by atoms with Crippen LogP contribution in [-0.4, -0.2) is 177 Å². The van der Waals surface area contributed by atoms with E-state index in [2.05, 4.69) is 68.1 Å². The number of fused-ring (bicyclic) bond motifs is 1. The number of nitrogens with zero attached hydrogens (tertiary/aromatic N) is 3. The number of aromatic hydroxyl groups is 1. The van der Waals surface area contributed by atoms with Crippen LogP contribution in [0.1, 0.15) is 115 Å². The molecule has 478 valence electrons. The molecule has 6 rings (SSSR count). The van der Waals surface area contributed by atoms with Crippen LogP contribution in [0.3, 0.4) is 0 Å². The molecule has 3 aromatic rings. The number of rotatable bonds is 32. The fraction of sp³-hybridized carbons (Fsp3) is 0.542. The summed E-state index contributed by atoms with van der Waals surface area (Å²) < 4.78 is 0. The van der Waals surface area contributed by atoms with Gasteiger partial charge in [-0.05, 0) is 99.5 Å². The van der Waals surface area contributed by atoms with E-state index < -0.39 is 120 Å². The first-order chi connectivity index (χ1) is 41.9. The summed E-state index contributed by atoms with van der Waals surface area (Å²) in [6.07, 6.45) is 3.65. The van der Waals surface area contributed by atoms with Crippen LogP contribution in [0.2, 0.25) is 0 Å². The zero-order chi connectivity index (χ0) is 64.2. The third-order valence-corrected chi connectivity index (χ3v) is 15.2. The van der Waals surface area contributed by atoms with Crippen LogP contribution in [0.4, 0.5) is 5.69 Å². The lowest BCUT2D eigenvalue weighted by Gasteiger charge is -2.31. The van der Waals surface area contributed by atoms with Crippen molar-refractivity contribution in [2.45, 2.75) is 166 Å². The molecule has 29 nitrogen and oxygen atoms in total. The first-order valence-electron chi connectivity index (χ1n) is 29.8. The van der Waals surface area contributed by atoms with Crippen LogP contribution in [0.15, 0.2) is 66.0 Å². The standard InChI is InChI=1S/C59H84N16O13/c1-6-63-57(87)47-14-10-22-75(47)58(88)40(13-9-21-64-59(60)61)68-51(81)41(23-31(2)3)69-52(82)42(24-32(4)5)70-53(83)43(25-33-15-17-35(77)18-16-33)71-56(86)46(29-76)74-55(85)45(27-37-36-11-7-8-12-38(36)67-49(37)79)73-54(84)44(26-34-28-62-30-65-34)72-50(80)39-19-20-48(78)66-39/h7-8,11-12,15-18,28,30-32,37,39-47,76-77H,6,9-10,13-14,19-27,29H2,1-5H3,(H,62,65)(H,63,87)(H,66,78)(H,67,79)(H,68,81)(H,69,82)(H,70,83)(H,71,86)(H,72,80)(H,73,84)(H,74,85)(H4,60,61,64)/t37?,39-,40-,41-,42+,43-,44-,45-,46-,47-/m0/s1. The fourth-order valence-corrected chi connectivity index (χ4v) is 10.8. The minimum Gasteiger partial charge on any atom is -0.508 e. The van der Waals surface area contributed by atoms with Gasteiger partial charge in [0.25, 0.3) is 0 Å². The number of aliphatic hydroxyl groups excluding tert-OH is 1. The molecular weight excluding hydrogens is 1140 g/mol. The van der Waals surface area contributed by atoms with E-state index >= 15 is 0 Å². The Morgan fingerprint density at radius 3 is 1.89 bits per heavy atom. The summed E-state index contributed by atoms with van der Waals surface area (Å²) in [5.41, 5.74) is 12.9. The molecule has 0 bridgehead atoms. The molecule has 11 amide bonds. The monoisotopic (exact) mass is 1220 g/mol. The number of likely N-dealkylation sites (tertiary alicyclic amines) is 1. The molecule has 2 aromatic carbocycles. The van der Waals surface area contributed by atoms with Gasteiger partial charge in [-0.15, -0.1) is 0 Å². The molecule has 10 atom stereocenters. The number of guanidine groups is 1. The third-order valence-electron chi connectivity index (χ3n) is 15.2. The summed E-state index contributed by atoms with van der Waals surface area (Å²) in [5, 5.41) is 47.6. The van der Waals surface area contributed by atoms with Crippen molar-refractivity contribution in [3.63, 3.8) is 0 Å². The Kier molecular flexibility index (Phi) is 25.1. The highest BCUT2D eigenvalue weighted by molar-refractivity contribution is 6.04. The molecule has 1 aromatic heterocycles. The number of imidazole rings is 1. The maximum atomic E-state index is 14.7. The molecule has 0 aliphatic carbocycles. The minimum absolute atomic E-state index is 0.0189. The number of aromatic amines is 1. The van der Waals surface area contributed by atoms with Crippen molar-refractivity contribution in [2.75, 3.05) is 31.6 Å². The lowest BCUT2D eigenvalue weighted by molar-refractivity contribution is -0.142. The Balaban J connectivity index is 1.23. The molecule has 17 N–H and O–H groups in total. The highest BCUT2D eigenvalue weighted by atomic mass is 16.3. The number of carbonyl (C=O) groups is 11. The molecule has 4 heterocycles. The summed E-state index contributed by atoms with van der Waals surface area (Å²) in [6.45, 7) is 8.69. The molecule has 2 fully saturated rings. The number of carbonyl (C=O) groups excluding carboxylic acids is 11. The van der Waals surface area contributed by atoms with Crippen LogP contribution in [-0.2, 0) is 65.6 Å². The van der Waals surface area contributed by atoms with Gasteiger partial charge in [-0.1, -0.05) is 58.0 Å². The van der Waals surface area contributed by atoms with Crippen LogP contribution < -0.4 is 64.6 Å². The van der Waals surface area contributed by atoms with Gasteiger partial charge in [0.2, 0.25) is 65.0 Å². The van der Waals surface area contributed by atoms with Gasteiger partial charge in [-0.2, -0.15) is 0 Å². The average molecular weight is 1230 g/mol. The lowest BCUT2D eigenvalue weighted by Crippen LogP contribution is -2.61. The number of nitrogens with one attached hydrogen (secondary N) is 11. The SMILES string of the molecule is CCNC(=O)[C@@H]1CCCN1C(=O)[C@H](CCCN=C(N)N)NC(=O)[C@H](CC(C)C)NC(=O)[C@@H](CC(C)C)NC(=O)[C@H](Cc1ccc(O)cc1)NC(=O)[C@H](CO)NC(=O)[C@H](CC1C(=O)Nc2ccccc21)NC(=O)[C@H](Cc1cnc[nH]1)NC(=O)[C@@H]1CCC(=O)N1. The maximum Gasteiger partial charge on any atom is 0.245 e. The number of aliphatic hydroxyl groups is 1. The largest absolute Gasteiger partial charge is 0.508 e. The molecule has 3 aliphatic heterocycles. The Labute approximate surface area is 509 Å². The molecule has 2 saturated heterocycles. The maximum absolute atomic E-state index is 14.7. The van der Waals surface area contributed by atoms with Crippen LogP contribution in [0.25, 0.3) is 0 Å². The Bertz CT molecular complexity index is 2990. The lowest BCUT2D eigenvalue weighted by atomic mass is 9.92. The number of H-pyrrole nitrogens is 1. The van der Waals surface area contributed by atoms with Crippen LogP contribution in [0, 0.1) is 11.8 Å². The molecule has 0 spiro atoms. The molecule has 3 aliphatic rings. The number of nitrogens with two attached hydrogens (primary N) is 2. The van der Waals surface area contributed by atoms with Crippen LogP contribution >= 0.6 is 0 Å². The zero-order valence-electron chi connectivity index (χ0n) is 50.2. The number of benzene rings is 2. The van der Waals surface area contributed by atoms with Gasteiger partial charge < -0.3 is 84.7 Å². The highest BCUT2D eigenvalue weighted by Gasteiger charge is 2.41. The van der Waals surface area contributed by atoms with E-state index in [9.17, 15) is 63.0 Å². The predicted molar refractivity (Wildman–Crippen MR) is 321 cm³/mol. The van der Waals surface area contributed by atoms with Crippen molar-refractivity contribution in [1.82, 2.24) is 62.7 Å².